The number of hydrogen-bond donors (Lipinski definition) is 1. The summed E-state index contributed by atoms with van der Waals surface area (Å²) in [6.45, 7) is 6.06. The molecule has 1 N–H and O–H groups in total. The summed E-state index contributed by atoms with van der Waals surface area (Å²) in [4.78, 5) is 19.8. The number of aromatic nitrogens is 2. The maximum Gasteiger partial charge on any atom is 0.276 e. The highest BCUT2D eigenvalue weighted by atomic mass is 16.5. The van der Waals surface area contributed by atoms with E-state index in [0.29, 0.717) is 28.9 Å². The summed E-state index contributed by atoms with van der Waals surface area (Å²) in [5, 5.41) is 2.92. The number of imidazole rings is 1. The first kappa shape index (κ1) is 19.2. The number of anilines is 1. The Labute approximate surface area is 160 Å². The van der Waals surface area contributed by atoms with Gasteiger partial charge in [-0.15, -0.1) is 0 Å². The number of aryl methyl sites for hydroxylation is 1. The molecule has 146 valence electrons. The van der Waals surface area contributed by atoms with Crippen molar-refractivity contribution < 1.29 is 14.3 Å². The van der Waals surface area contributed by atoms with Crippen molar-refractivity contribution in [2.75, 3.05) is 39.7 Å². The van der Waals surface area contributed by atoms with Crippen LogP contribution in [0.3, 0.4) is 0 Å². The zero-order valence-corrected chi connectivity index (χ0v) is 16.7. The molecular formula is C20H28N4O3. The van der Waals surface area contributed by atoms with E-state index < -0.39 is 0 Å². The minimum atomic E-state index is -0.231. The Morgan fingerprint density at radius 3 is 2.52 bits per heavy atom. The smallest absolute Gasteiger partial charge is 0.276 e. The van der Waals surface area contributed by atoms with Gasteiger partial charge in [-0.05, 0) is 59.0 Å². The highest BCUT2D eigenvalue weighted by molar-refractivity contribution is 6.04. The van der Waals surface area contributed by atoms with E-state index in [4.69, 9.17) is 9.47 Å². The number of amides is 1. The molecule has 1 amide bonds. The van der Waals surface area contributed by atoms with Crippen molar-refractivity contribution in [1.29, 1.82) is 0 Å². The van der Waals surface area contributed by atoms with Crippen LogP contribution in [-0.2, 0) is 0 Å². The first-order valence-electron chi connectivity index (χ1n) is 9.22. The Morgan fingerprint density at radius 2 is 1.89 bits per heavy atom. The molecule has 0 saturated carbocycles. The van der Waals surface area contributed by atoms with Crippen molar-refractivity contribution in [2.45, 2.75) is 32.7 Å². The van der Waals surface area contributed by atoms with Gasteiger partial charge in [0.15, 0.2) is 0 Å². The number of carbonyl (C=O) groups is 1. The van der Waals surface area contributed by atoms with Crippen LogP contribution in [0.1, 0.15) is 40.9 Å². The normalized spacial score (nSPS) is 15.6. The number of piperidine rings is 1. The Kier molecular flexibility index (Phi) is 5.70. The van der Waals surface area contributed by atoms with E-state index >= 15 is 0 Å². The molecule has 2 aromatic rings. The lowest BCUT2D eigenvalue weighted by Gasteiger charge is -2.31. The lowest BCUT2D eigenvalue weighted by Crippen LogP contribution is -2.32. The van der Waals surface area contributed by atoms with E-state index in [1.54, 1.807) is 32.4 Å². The predicted octanol–water partition coefficient (Wildman–Crippen LogP) is 3.04. The third-order valence-corrected chi connectivity index (χ3v) is 5.25. The number of rotatable bonds is 5. The monoisotopic (exact) mass is 372 g/mol. The first-order valence-corrected chi connectivity index (χ1v) is 9.22. The van der Waals surface area contributed by atoms with Gasteiger partial charge in [-0.25, -0.2) is 4.98 Å². The third kappa shape index (κ3) is 3.93. The predicted molar refractivity (Wildman–Crippen MR) is 105 cm³/mol. The second kappa shape index (κ2) is 8.00. The highest BCUT2D eigenvalue weighted by Crippen LogP contribution is 2.30. The number of benzene rings is 1. The van der Waals surface area contributed by atoms with Crippen molar-refractivity contribution in [3.63, 3.8) is 0 Å². The first-order chi connectivity index (χ1) is 12.9. The van der Waals surface area contributed by atoms with E-state index in [9.17, 15) is 4.79 Å². The van der Waals surface area contributed by atoms with Crippen molar-refractivity contribution in [2.24, 2.45) is 0 Å². The average Bonchev–Trinajstić information content (AvgIpc) is 2.97. The van der Waals surface area contributed by atoms with Gasteiger partial charge in [0.2, 0.25) is 0 Å². The van der Waals surface area contributed by atoms with Gasteiger partial charge >= 0.3 is 0 Å². The SMILES string of the molecule is COc1ccc(NC(=O)c2nc(C)n(C3CCN(C)CC3)c2C)c(OC)c1. The number of carbonyl (C=O) groups excluding carboxylic acids is 1. The molecule has 0 atom stereocenters. The zero-order chi connectivity index (χ0) is 19.6. The molecule has 1 aromatic heterocycles. The fourth-order valence-electron chi connectivity index (χ4n) is 3.74. The minimum absolute atomic E-state index is 0.231. The second-order valence-corrected chi connectivity index (χ2v) is 7.02. The van der Waals surface area contributed by atoms with Crippen LogP contribution in [0.5, 0.6) is 11.5 Å². The van der Waals surface area contributed by atoms with Crippen molar-refractivity contribution in [3.05, 3.63) is 35.4 Å². The summed E-state index contributed by atoms with van der Waals surface area (Å²) >= 11 is 0. The average molecular weight is 372 g/mol. The molecule has 0 spiro atoms. The lowest BCUT2D eigenvalue weighted by atomic mass is 10.0. The number of methoxy groups -OCH3 is 2. The maximum absolute atomic E-state index is 12.9. The molecule has 1 aromatic carbocycles. The van der Waals surface area contributed by atoms with Crippen LogP contribution in [0.2, 0.25) is 0 Å². The van der Waals surface area contributed by atoms with Crippen molar-refractivity contribution in [1.82, 2.24) is 14.5 Å². The van der Waals surface area contributed by atoms with Gasteiger partial charge in [-0.2, -0.15) is 0 Å². The molecule has 0 bridgehead atoms. The molecule has 1 aliphatic rings. The van der Waals surface area contributed by atoms with E-state index in [0.717, 1.165) is 37.4 Å². The molecule has 0 aliphatic carbocycles. The summed E-state index contributed by atoms with van der Waals surface area (Å²) in [7, 11) is 5.30. The summed E-state index contributed by atoms with van der Waals surface area (Å²) in [5.74, 6) is 1.87. The number of nitrogens with one attached hydrogen (secondary N) is 1. The van der Waals surface area contributed by atoms with Gasteiger partial charge in [0, 0.05) is 17.8 Å². The molecule has 27 heavy (non-hydrogen) atoms. The number of ether oxygens (including phenoxy) is 2. The van der Waals surface area contributed by atoms with Gasteiger partial charge in [-0.3, -0.25) is 4.79 Å². The summed E-state index contributed by atoms with van der Waals surface area (Å²) in [6, 6.07) is 5.69. The van der Waals surface area contributed by atoms with Gasteiger partial charge in [0.25, 0.3) is 5.91 Å². The van der Waals surface area contributed by atoms with Gasteiger partial charge < -0.3 is 24.3 Å². The van der Waals surface area contributed by atoms with Crippen LogP contribution in [-0.4, -0.2) is 54.7 Å². The standard InChI is InChI=1S/C20H28N4O3/c1-13-19(21-14(2)24(13)15-8-10-23(3)11-9-15)20(25)22-17-7-6-16(26-4)12-18(17)27-5/h6-7,12,15H,8-11H2,1-5H3,(H,22,25). The highest BCUT2D eigenvalue weighted by Gasteiger charge is 2.25. The van der Waals surface area contributed by atoms with E-state index in [2.05, 4.69) is 26.8 Å². The molecule has 1 saturated heterocycles. The van der Waals surface area contributed by atoms with Crippen molar-refractivity contribution >= 4 is 11.6 Å². The number of hydrogen-bond acceptors (Lipinski definition) is 5. The second-order valence-electron chi connectivity index (χ2n) is 7.02. The van der Waals surface area contributed by atoms with Crippen LogP contribution in [0, 0.1) is 13.8 Å². The molecule has 7 heteroatoms. The summed E-state index contributed by atoms with van der Waals surface area (Å²) in [5.41, 5.74) is 1.96. The molecule has 1 aliphatic heterocycles. The van der Waals surface area contributed by atoms with Gasteiger partial charge in [0.1, 0.15) is 23.0 Å². The largest absolute Gasteiger partial charge is 0.497 e. The van der Waals surface area contributed by atoms with E-state index in [-0.39, 0.29) is 5.91 Å². The fraction of sp³-hybridized carbons (Fsp3) is 0.500. The number of likely N-dealkylation sites (tertiary alicyclic amines) is 1. The molecular weight excluding hydrogens is 344 g/mol. The Morgan fingerprint density at radius 1 is 1.19 bits per heavy atom. The van der Waals surface area contributed by atoms with Crippen LogP contribution in [0.25, 0.3) is 0 Å². The molecule has 0 unspecified atom stereocenters. The van der Waals surface area contributed by atoms with Gasteiger partial charge in [0.05, 0.1) is 19.9 Å². The van der Waals surface area contributed by atoms with Crippen molar-refractivity contribution in [3.8, 4) is 11.5 Å². The maximum atomic E-state index is 12.9. The Balaban J connectivity index is 1.83. The summed E-state index contributed by atoms with van der Waals surface area (Å²) < 4.78 is 12.8. The third-order valence-electron chi connectivity index (χ3n) is 5.25. The minimum Gasteiger partial charge on any atom is -0.497 e. The fourth-order valence-corrected chi connectivity index (χ4v) is 3.74. The lowest BCUT2D eigenvalue weighted by molar-refractivity contribution is 0.102. The Hall–Kier alpha value is -2.54. The molecule has 0 radical (unpaired) electrons. The van der Waals surface area contributed by atoms with Gasteiger partial charge in [-0.1, -0.05) is 0 Å². The van der Waals surface area contributed by atoms with E-state index in [1.165, 1.54) is 0 Å². The van der Waals surface area contributed by atoms with Crippen LogP contribution < -0.4 is 14.8 Å². The van der Waals surface area contributed by atoms with Crippen LogP contribution in [0.4, 0.5) is 5.69 Å². The topological polar surface area (TPSA) is 68.6 Å². The van der Waals surface area contributed by atoms with Crippen LogP contribution in [0.15, 0.2) is 18.2 Å². The Bertz CT molecular complexity index is 823. The van der Waals surface area contributed by atoms with Crippen LogP contribution >= 0.6 is 0 Å². The zero-order valence-electron chi connectivity index (χ0n) is 16.7. The quantitative estimate of drug-likeness (QED) is 0.874. The molecule has 1 fully saturated rings. The number of nitrogens with zero attached hydrogens (tertiary/aromatic N) is 3. The van der Waals surface area contributed by atoms with E-state index in [1.807, 2.05) is 13.8 Å². The summed E-state index contributed by atoms with van der Waals surface area (Å²) in [6.07, 6.45) is 2.14. The molecule has 7 nitrogen and oxygen atoms in total. The molecule has 2 heterocycles. The molecule has 3 rings (SSSR count).